The average Bonchev–Trinajstić information content (AvgIpc) is 2.74. The average molecular weight is 254 g/mol. The highest BCUT2D eigenvalue weighted by molar-refractivity contribution is 6.08. The zero-order valence-electron chi connectivity index (χ0n) is 9.41. The molecule has 0 radical (unpaired) electrons. The molecule has 0 aliphatic carbocycles. The standard InChI is InChI=1S/C13H9F3O2/c1-8-6-7-11(18-8)12(17)9-4-2-3-5-10(9)13(14,15)16/h2-7H,1H3. The Hall–Kier alpha value is -2.04. The third-order valence-electron chi connectivity index (χ3n) is 2.44. The molecule has 0 bridgehead atoms. The summed E-state index contributed by atoms with van der Waals surface area (Å²) in [5, 5.41) is 0. The molecular formula is C13H9F3O2. The minimum Gasteiger partial charge on any atom is -0.458 e. The van der Waals surface area contributed by atoms with Gasteiger partial charge >= 0.3 is 6.18 Å². The molecule has 18 heavy (non-hydrogen) atoms. The third kappa shape index (κ3) is 2.30. The van der Waals surface area contributed by atoms with Gasteiger partial charge in [-0.1, -0.05) is 18.2 Å². The fourth-order valence-corrected chi connectivity index (χ4v) is 1.62. The lowest BCUT2D eigenvalue weighted by molar-refractivity contribution is -0.137. The van der Waals surface area contributed by atoms with Gasteiger partial charge in [-0.25, -0.2) is 0 Å². The SMILES string of the molecule is Cc1ccc(C(=O)c2ccccc2C(F)(F)F)o1. The van der Waals surface area contributed by atoms with E-state index in [1.807, 2.05) is 0 Å². The molecule has 1 heterocycles. The van der Waals surface area contributed by atoms with Crippen molar-refractivity contribution >= 4 is 5.78 Å². The second-order valence-electron chi connectivity index (χ2n) is 3.78. The van der Waals surface area contributed by atoms with Gasteiger partial charge in [-0.3, -0.25) is 4.79 Å². The quantitative estimate of drug-likeness (QED) is 0.762. The van der Waals surface area contributed by atoms with Gasteiger partial charge in [0.1, 0.15) is 5.76 Å². The number of hydrogen-bond acceptors (Lipinski definition) is 2. The van der Waals surface area contributed by atoms with Gasteiger partial charge in [0.2, 0.25) is 5.78 Å². The van der Waals surface area contributed by atoms with Crippen molar-refractivity contribution in [2.24, 2.45) is 0 Å². The number of benzene rings is 1. The van der Waals surface area contributed by atoms with Gasteiger partial charge in [0.25, 0.3) is 0 Å². The summed E-state index contributed by atoms with van der Waals surface area (Å²) in [7, 11) is 0. The third-order valence-corrected chi connectivity index (χ3v) is 2.44. The number of ketones is 1. The molecule has 0 spiro atoms. The van der Waals surface area contributed by atoms with E-state index in [1.54, 1.807) is 6.92 Å². The number of alkyl halides is 3. The van der Waals surface area contributed by atoms with Gasteiger partial charge in [0.05, 0.1) is 5.56 Å². The zero-order chi connectivity index (χ0) is 13.3. The topological polar surface area (TPSA) is 30.2 Å². The first-order valence-corrected chi connectivity index (χ1v) is 5.17. The first-order chi connectivity index (χ1) is 8.39. The normalized spacial score (nSPS) is 11.6. The first-order valence-electron chi connectivity index (χ1n) is 5.17. The van der Waals surface area contributed by atoms with Crippen LogP contribution in [0.25, 0.3) is 0 Å². The Morgan fingerprint density at radius 1 is 1.11 bits per heavy atom. The number of furan rings is 1. The molecule has 0 aliphatic rings. The molecule has 2 aromatic rings. The first kappa shape index (κ1) is 12.4. The maximum Gasteiger partial charge on any atom is 0.417 e. The van der Waals surface area contributed by atoms with E-state index >= 15 is 0 Å². The van der Waals surface area contributed by atoms with Crippen molar-refractivity contribution in [3.05, 3.63) is 59.0 Å². The van der Waals surface area contributed by atoms with E-state index in [-0.39, 0.29) is 5.76 Å². The Labute approximate surface area is 101 Å². The highest BCUT2D eigenvalue weighted by atomic mass is 19.4. The minimum absolute atomic E-state index is 0.0933. The number of carbonyl (C=O) groups is 1. The van der Waals surface area contributed by atoms with Gasteiger partial charge in [-0.05, 0) is 25.1 Å². The summed E-state index contributed by atoms with van der Waals surface area (Å²) < 4.78 is 43.3. The van der Waals surface area contributed by atoms with E-state index in [9.17, 15) is 18.0 Å². The molecule has 94 valence electrons. The molecule has 1 aromatic carbocycles. The number of rotatable bonds is 2. The van der Waals surface area contributed by atoms with Crippen molar-refractivity contribution in [1.82, 2.24) is 0 Å². The van der Waals surface area contributed by atoms with Gasteiger partial charge in [0, 0.05) is 5.56 Å². The molecule has 1 aromatic heterocycles. The van der Waals surface area contributed by atoms with Crippen LogP contribution in [0.5, 0.6) is 0 Å². The summed E-state index contributed by atoms with van der Waals surface area (Å²) in [4.78, 5) is 11.9. The molecule has 0 atom stereocenters. The summed E-state index contributed by atoms with van der Waals surface area (Å²) >= 11 is 0. The molecule has 5 heteroatoms. The number of halogens is 3. The van der Waals surface area contributed by atoms with Crippen LogP contribution >= 0.6 is 0 Å². The van der Waals surface area contributed by atoms with Crippen LogP contribution in [0.3, 0.4) is 0 Å². The van der Waals surface area contributed by atoms with Crippen LogP contribution in [0, 0.1) is 6.92 Å². The van der Waals surface area contributed by atoms with Crippen molar-refractivity contribution in [2.75, 3.05) is 0 Å². The molecule has 0 amide bonds. The highest BCUT2D eigenvalue weighted by Gasteiger charge is 2.35. The Balaban J connectivity index is 2.49. The Bertz CT molecular complexity index is 582. The fraction of sp³-hybridized carbons (Fsp3) is 0.154. The van der Waals surface area contributed by atoms with Gasteiger partial charge in [-0.2, -0.15) is 13.2 Å². The van der Waals surface area contributed by atoms with Crippen LogP contribution in [0.4, 0.5) is 13.2 Å². The highest BCUT2D eigenvalue weighted by Crippen LogP contribution is 2.32. The maximum atomic E-state index is 12.7. The van der Waals surface area contributed by atoms with E-state index < -0.39 is 23.1 Å². The molecule has 0 N–H and O–H groups in total. The lowest BCUT2D eigenvalue weighted by Crippen LogP contribution is -2.13. The van der Waals surface area contributed by atoms with Gasteiger partial charge in [-0.15, -0.1) is 0 Å². The Morgan fingerprint density at radius 3 is 2.33 bits per heavy atom. The summed E-state index contributed by atoms with van der Waals surface area (Å²) in [6.07, 6.45) is -4.56. The van der Waals surface area contributed by atoms with E-state index in [4.69, 9.17) is 4.42 Å². The van der Waals surface area contributed by atoms with E-state index in [1.165, 1.54) is 24.3 Å². The molecule has 0 saturated heterocycles. The lowest BCUT2D eigenvalue weighted by Gasteiger charge is -2.10. The molecule has 0 aliphatic heterocycles. The molecule has 2 nitrogen and oxygen atoms in total. The molecule has 2 rings (SSSR count). The van der Waals surface area contributed by atoms with Crippen LogP contribution in [0.15, 0.2) is 40.8 Å². The minimum atomic E-state index is -4.56. The second-order valence-corrected chi connectivity index (χ2v) is 3.78. The van der Waals surface area contributed by atoms with E-state index in [0.29, 0.717) is 5.76 Å². The summed E-state index contributed by atoms with van der Waals surface area (Å²) in [5.74, 6) is -0.386. The fourth-order valence-electron chi connectivity index (χ4n) is 1.62. The van der Waals surface area contributed by atoms with Crippen molar-refractivity contribution in [1.29, 1.82) is 0 Å². The molecular weight excluding hydrogens is 245 g/mol. The Morgan fingerprint density at radius 2 is 1.78 bits per heavy atom. The lowest BCUT2D eigenvalue weighted by atomic mass is 10.0. The number of aryl methyl sites for hydroxylation is 1. The number of hydrogen-bond donors (Lipinski definition) is 0. The predicted molar refractivity (Wildman–Crippen MR) is 58.3 cm³/mol. The van der Waals surface area contributed by atoms with Gasteiger partial charge < -0.3 is 4.42 Å². The maximum absolute atomic E-state index is 12.7. The smallest absolute Gasteiger partial charge is 0.417 e. The monoisotopic (exact) mass is 254 g/mol. The Kier molecular flexibility index (Phi) is 2.98. The van der Waals surface area contributed by atoms with Crippen molar-refractivity contribution in [3.8, 4) is 0 Å². The van der Waals surface area contributed by atoms with Crippen molar-refractivity contribution in [2.45, 2.75) is 13.1 Å². The molecule has 0 saturated carbocycles. The van der Waals surface area contributed by atoms with E-state index in [2.05, 4.69) is 0 Å². The van der Waals surface area contributed by atoms with Crippen molar-refractivity contribution < 1.29 is 22.4 Å². The summed E-state index contributed by atoms with van der Waals surface area (Å²) in [5.41, 5.74) is -1.36. The van der Waals surface area contributed by atoms with Gasteiger partial charge in [0.15, 0.2) is 5.76 Å². The summed E-state index contributed by atoms with van der Waals surface area (Å²) in [6, 6.07) is 7.55. The van der Waals surface area contributed by atoms with Crippen LogP contribution in [-0.4, -0.2) is 5.78 Å². The van der Waals surface area contributed by atoms with Crippen LogP contribution in [0.1, 0.15) is 27.4 Å². The van der Waals surface area contributed by atoms with Crippen LogP contribution in [-0.2, 0) is 6.18 Å². The van der Waals surface area contributed by atoms with Crippen molar-refractivity contribution in [3.63, 3.8) is 0 Å². The second kappa shape index (κ2) is 4.33. The predicted octanol–water partition coefficient (Wildman–Crippen LogP) is 3.84. The zero-order valence-corrected chi connectivity index (χ0v) is 9.41. The van der Waals surface area contributed by atoms with E-state index in [0.717, 1.165) is 12.1 Å². The molecule has 0 unspecified atom stereocenters. The summed E-state index contributed by atoms with van der Waals surface area (Å²) in [6.45, 7) is 1.62. The molecule has 0 fully saturated rings. The van der Waals surface area contributed by atoms with Crippen LogP contribution in [0.2, 0.25) is 0 Å². The van der Waals surface area contributed by atoms with Crippen LogP contribution < -0.4 is 0 Å². The largest absolute Gasteiger partial charge is 0.458 e. The number of carbonyl (C=O) groups excluding carboxylic acids is 1.